The van der Waals surface area contributed by atoms with Gasteiger partial charge in [-0.25, -0.2) is 15.0 Å². The number of fused-ring (bicyclic) bond motifs is 1. The first-order valence-corrected chi connectivity index (χ1v) is 8.54. The number of thiophene rings is 1. The minimum Gasteiger partial charge on any atom is -0.446 e. The standard InChI is InChI=1S/C16H19N5O2S/c1-8(2)4-10-7-24-16-13(10)15(19-9(3)20-16)18-5-12-21-11(6-23-12)14(17)22/h6-8H,4-5H2,1-3H3,(H2,17,22)(H,18,19,20). The molecule has 3 aromatic rings. The number of aromatic nitrogens is 3. The third kappa shape index (κ3) is 3.38. The number of hydrogen-bond acceptors (Lipinski definition) is 7. The number of oxazole rings is 1. The van der Waals surface area contributed by atoms with Crippen LogP contribution in [0.5, 0.6) is 0 Å². The number of primary amides is 1. The Labute approximate surface area is 143 Å². The van der Waals surface area contributed by atoms with E-state index in [2.05, 4.69) is 39.5 Å². The summed E-state index contributed by atoms with van der Waals surface area (Å²) in [6.45, 7) is 6.55. The van der Waals surface area contributed by atoms with Gasteiger partial charge in [-0.3, -0.25) is 4.79 Å². The summed E-state index contributed by atoms with van der Waals surface area (Å²) in [7, 11) is 0. The highest BCUT2D eigenvalue weighted by molar-refractivity contribution is 7.17. The van der Waals surface area contributed by atoms with Crippen LogP contribution in [-0.2, 0) is 13.0 Å². The monoisotopic (exact) mass is 345 g/mol. The van der Waals surface area contributed by atoms with E-state index in [1.807, 2.05) is 6.92 Å². The molecule has 0 atom stereocenters. The quantitative estimate of drug-likeness (QED) is 0.711. The fraction of sp³-hybridized carbons (Fsp3) is 0.375. The van der Waals surface area contributed by atoms with Crippen molar-refractivity contribution >= 4 is 33.3 Å². The zero-order valence-corrected chi connectivity index (χ0v) is 14.6. The van der Waals surface area contributed by atoms with Crippen molar-refractivity contribution in [3.63, 3.8) is 0 Å². The van der Waals surface area contributed by atoms with Crippen molar-refractivity contribution in [1.29, 1.82) is 0 Å². The van der Waals surface area contributed by atoms with E-state index in [9.17, 15) is 4.79 Å². The molecule has 24 heavy (non-hydrogen) atoms. The molecule has 0 spiro atoms. The van der Waals surface area contributed by atoms with Crippen LogP contribution in [0.4, 0.5) is 5.82 Å². The summed E-state index contributed by atoms with van der Waals surface area (Å²) in [6, 6.07) is 0. The lowest BCUT2D eigenvalue weighted by molar-refractivity contribution is 0.0995. The summed E-state index contributed by atoms with van der Waals surface area (Å²) >= 11 is 1.62. The van der Waals surface area contributed by atoms with Gasteiger partial charge in [-0.05, 0) is 30.2 Å². The SMILES string of the molecule is Cc1nc(NCc2nc(C(N)=O)co2)c2c(CC(C)C)csc2n1. The van der Waals surface area contributed by atoms with Crippen molar-refractivity contribution in [3.05, 3.63) is 34.6 Å². The normalized spacial score (nSPS) is 11.3. The molecule has 1 amide bonds. The summed E-state index contributed by atoms with van der Waals surface area (Å²) in [6.07, 6.45) is 2.22. The molecule has 0 saturated heterocycles. The van der Waals surface area contributed by atoms with Gasteiger partial charge in [0.2, 0.25) is 5.89 Å². The fourth-order valence-corrected chi connectivity index (χ4v) is 3.49. The summed E-state index contributed by atoms with van der Waals surface area (Å²) in [5, 5.41) is 6.43. The highest BCUT2D eigenvalue weighted by Gasteiger charge is 2.15. The number of nitrogens with two attached hydrogens (primary N) is 1. The van der Waals surface area contributed by atoms with Crippen LogP contribution in [0.3, 0.4) is 0 Å². The molecule has 0 aromatic carbocycles. The second-order valence-electron chi connectivity index (χ2n) is 6.00. The Morgan fingerprint density at radius 2 is 2.17 bits per heavy atom. The average Bonchev–Trinajstić information content (AvgIpc) is 3.11. The predicted molar refractivity (Wildman–Crippen MR) is 93.0 cm³/mol. The van der Waals surface area contributed by atoms with Crippen LogP contribution < -0.4 is 11.1 Å². The van der Waals surface area contributed by atoms with E-state index in [0.29, 0.717) is 24.2 Å². The van der Waals surface area contributed by atoms with Crippen LogP contribution in [-0.4, -0.2) is 20.9 Å². The molecule has 0 fully saturated rings. The maximum atomic E-state index is 11.1. The molecule has 0 bridgehead atoms. The van der Waals surface area contributed by atoms with E-state index in [0.717, 1.165) is 22.5 Å². The summed E-state index contributed by atoms with van der Waals surface area (Å²) in [4.78, 5) is 25.1. The number of hydrogen-bond donors (Lipinski definition) is 2. The molecule has 0 unspecified atom stereocenters. The zero-order valence-electron chi connectivity index (χ0n) is 13.8. The summed E-state index contributed by atoms with van der Waals surface area (Å²) in [5.41, 5.74) is 6.53. The number of nitrogens with one attached hydrogen (secondary N) is 1. The minimum atomic E-state index is -0.609. The molecule has 3 heterocycles. The fourth-order valence-electron chi connectivity index (χ4n) is 2.49. The average molecular weight is 345 g/mol. The number of amides is 1. The van der Waals surface area contributed by atoms with Crippen LogP contribution in [0.25, 0.3) is 10.2 Å². The number of aryl methyl sites for hydroxylation is 1. The Morgan fingerprint density at radius 1 is 1.38 bits per heavy atom. The van der Waals surface area contributed by atoms with Gasteiger partial charge in [0.05, 0.1) is 11.9 Å². The predicted octanol–water partition coefficient (Wildman–Crippen LogP) is 2.90. The molecule has 0 aliphatic heterocycles. The van der Waals surface area contributed by atoms with Crippen molar-refractivity contribution in [2.45, 2.75) is 33.7 Å². The molecule has 3 aromatic heterocycles. The second kappa shape index (κ2) is 6.56. The van der Waals surface area contributed by atoms with E-state index in [1.54, 1.807) is 11.3 Å². The summed E-state index contributed by atoms with van der Waals surface area (Å²) in [5.74, 6) is 1.78. The van der Waals surface area contributed by atoms with Crippen molar-refractivity contribution in [2.75, 3.05) is 5.32 Å². The molecular formula is C16H19N5O2S. The van der Waals surface area contributed by atoms with Crippen LogP contribution in [0.15, 0.2) is 16.1 Å². The third-order valence-corrected chi connectivity index (χ3v) is 4.38. The lowest BCUT2D eigenvalue weighted by Gasteiger charge is -2.09. The van der Waals surface area contributed by atoms with E-state index in [1.165, 1.54) is 11.8 Å². The molecule has 0 radical (unpaired) electrons. The molecule has 0 aliphatic carbocycles. The first kappa shape index (κ1) is 16.4. The smallest absolute Gasteiger partial charge is 0.270 e. The van der Waals surface area contributed by atoms with Gasteiger partial charge in [0.15, 0.2) is 5.69 Å². The topological polar surface area (TPSA) is 107 Å². The number of rotatable bonds is 6. The van der Waals surface area contributed by atoms with Gasteiger partial charge >= 0.3 is 0 Å². The molecule has 0 saturated carbocycles. The Bertz CT molecular complexity index is 884. The zero-order chi connectivity index (χ0) is 17.3. The van der Waals surface area contributed by atoms with Gasteiger partial charge in [-0.2, -0.15) is 0 Å². The lowest BCUT2D eigenvalue weighted by Crippen LogP contribution is -2.11. The first-order chi connectivity index (χ1) is 11.4. The van der Waals surface area contributed by atoms with Crippen LogP contribution in [0.1, 0.15) is 41.6 Å². The van der Waals surface area contributed by atoms with Crippen molar-refractivity contribution in [3.8, 4) is 0 Å². The van der Waals surface area contributed by atoms with E-state index < -0.39 is 5.91 Å². The molecular weight excluding hydrogens is 326 g/mol. The van der Waals surface area contributed by atoms with E-state index in [4.69, 9.17) is 10.2 Å². The molecule has 126 valence electrons. The van der Waals surface area contributed by atoms with Gasteiger partial charge in [0.1, 0.15) is 22.7 Å². The van der Waals surface area contributed by atoms with Crippen molar-refractivity contribution < 1.29 is 9.21 Å². The number of anilines is 1. The minimum absolute atomic E-state index is 0.117. The maximum absolute atomic E-state index is 11.1. The lowest BCUT2D eigenvalue weighted by atomic mass is 10.0. The molecule has 7 nitrogen and oxygen atoms in total. The van der Waals surface area contributed by atoms with Crippen molar-refractivity contribution in [1.82, 2.24) is 15.0 Å². The van der Waals surface area contributed by atoms with Gasteiger partial charge in [-0.15, -0.1) is 11.3 Å². The van der Waals surface area contributed by atoms with Gasteiger partial charge in [0, 0.05) is 0 Å². The molecule has 3 rings (SSSR count). The van der Waals surface area contributed by atoms with E-state index in [-0.39, 0.29) is 5.69 Å². The first-order valence-electron chi connectivity index (χ1n) is 7.67. The molecule has 3 N–H and O–H groups in total. The third-order valence-electron chi connectivity index (χ3n) is 3.46. The number of carbonyl (C=O) groups excluding carboxylic acids is 1. The molecule has 8 heteroatoms. The van der Waals surface area contributed by atoms with Crippen molar-refractivity contribution in [2.24, 2.45) is 11.7 Å². The maximum Gasteiger partial charge on any atom is 0.270 e. The Morgan fingerprint density at radius 3 is 2.83 bits per heavy atom. The van der Waals surface area contributed by atoms with Gasteiger partial charge in [-0.1, -0.05) is 13.8 Å². The number of carbonyl (C=O) groups is 1. The van der Waals surface area contributed by atoms with Crippen LogP contribution in [0.2, 0.25) is 0 Å². The van der Waals surface area contributed by atoms with E-state index >= 15 is 0 Å². The van der Waals surface area contributed by atoms with Gasteiger partial charge in [0.25, 0.3) is 5.91 Å². The molecule has 0 aliphatic rings. The number of nitrogens with zero attached hydrogens (tertiary/aromatic N) is 3. The van der Waals surface area contributed by atoms with Crippen LogP contribution in [0, 0.1) is 12.8 Å². The summed E-state index contributed by atoms with van der Waals surface area (Å²) < 4.78 is 5.25. The highest BCUT2D eigenvalue weighted by atomic mass is 32.1. The van der Waals surface area contributed by atoms with Gasteiger partial charge < -0.3 is 15.5 Å². The highest BCUT2D eigenvalue weighted by Crippen LogP contribution is 2.31. The largest absolute Gasteiger partial charge is 0.446 e. The Hall–Kier alpha value is -2.48. The van der Waals surface area contributed by atoms with Crippen LogP contribution >= 0.6 is 11.3 Å². The second-order valence-corrected chi connectivity index (χ2v) is 6.86. The Kier molecular flexibility index (Phi) is 4.48. The Balaban J connectivity index is 1.89.